The van der Waals surface area contributed by atoms with Gasteiger partial charge in [-0.15, -0.1) is 0 Å². The summed E-state index contributed by atoms with van der Waals surface area (Å²) in [5.41, 5.74) is 4.57. The van der Waals surface area contributed by atoms with Crippen LogP contribution in [0.1, 0.15) is 155 Å². The molecule has 75 heavy (non-hydrogen) atoms. The number of carbonyl (C=O) groups is 2. The fraction of sp³-hybridized carbons (Fsp3) is 0.593. The lowest BCUT2D eigenvalue weighted by Gasteiger charge is -2.21. The summed E-state index contributed by atoms with van der Waals surface area (Å²) >= 11 is 0. The molecule has 0 amide bonds. The molecule has 0 radical (unpaired) electrons. The van der Waals surface area contributed by atoms with Gasteiger partial charge in [-0.25, -0.2) is 13.9 Å². The van der Waals surface area contributed by atoms with E-state index >= 15 is 0 Å². The van der Waals surface area contributed by atoms with Crippen LogP contribution in [0.3, 0.4) is 0 Å². The molecular formula is C54H85N3O16P2. The number of anilines is 1. The lowest BCUT2D eigenvalue weighted by Crippen LogP contribution is -2.36. The lowest BCUT2D eigenvalue weighted by atomic mass is 10.1. The molecular weight excluding hydrogens is 1010 g/mol. The quantitative estimate of drug-likeness (QED) is 0.0117. The molecule has 1 aliphatic heterocycles. The van der Waals surface area contributed by atoms with Gasteiger partial charge in [0.15, 0.2) is 12.3 Å². The minimum atomic E-state index is -5.49. The van der Waals surface area contributed by atoms with Crippen LogP contribution in [0.5, 0.6) is 0 Å². The summed E-state index contributed by atoms with van der Waals surface area (Å²) in [4.78, 5) is 61.9. The zero-order chi connectivity index (χ0) is 55.0. The van der Waals surface area contributed by atoms with Gasteiger partial charge in [0.1, 0.15) is 30.7 Å². The van der Waals surface area contributed by atoms with Gasteiger partial charge in [-0.1, -0.05) is 156 Å². The fourth-order valence-electron chi connectivity index (χ4n) is 7.13. The Kier molecular flexibility index (Phi) is 36.3. The molecule has 7 N–H and O–H groups in total. The summed E-state index contributed by atoms with van der Waals surface area (Å²) in [6, 6.07) is 1.23. The Morgan fingerprint density at radius 1 is 0.707 bits per heavy atom. The Hall–Kier alpha value is -4.36. The maximum Gasteiger partial charge on any atom is 0.481 e. The van der Waals surface area contributed by atoms with Crippen LogP contribution in [0.25, 0.3) is 0 Å². The highest BCUT2D eigenvalue weighted by molar-refractivity contribution is 7.61. The van der Waals surface area contributed by atoms with Crippen LogP contribution < -0.4 is 11.4 Å². The second kappa shape index (κ2) is 40.8. The number of aromatic nitrogens is 2. The number of phosphoric acid groups is 2. The standard InChI is InChI=1S/C54H85N3O16P2/c1-3-5-7-9-11-13-15-17-18-19-20-21-22-24-26-28-30-32-34-38-49(59)68-42-46(71-50(60)39-35-37-45(58)36-33-31-29-27-25-23-16-14-12-10-8-6-4-2)43-69-74(64,65)73-75(66,67)70-44-47-51(61)52(62)53(72-47)57-41-40-48(55)56-54(57)63/h11,13,17-18,20-21,23-26,29-33,36,40-41,45-47,51-53,58,61-62H,3-10,12,14-16,19,22,27-28,34-35,37-39,42-44H2,1-2H3,(H,64,65)(H,66,67)(H2,55,56,63)/b13-11-,18-17-,21-20-,25-23+,26-24-,31-29+,32-30-,36-33+/t45?,46-,47-,51-,52-,53-/m1/s1. The molecule has 1 saturated heterocycles. The van der Waals surface area contributed by atoms with Gasteiger partial charge < -0.3 is 45.1 Å². The number of unbranched alkanes of at least 4 members (excludes halogenated alkanes) is 9. The molecule has 1 aliphatic rings. The number of nitrogen functional groups attached to an aromatic ring is 1. The molecule has 1 fully saturated rings. The smallest absolute Gasteiger partial charge is 0.462 e. The van der Waals surface area contributed by atoms with E-state index in [1.165, 1.54) is 63.9 Å². The van der Waals surface area contributed by atoms with E-state index in [-0.39, 0.29) is 31.5 Å². The van der Waals surface area contributed by atoms with E-state index < -0.39 is 89.8 Å². The molecule has 21 heteroatoms. The number of hydrogen-bond acceptors (Lipinski definition) is 16. The van der Waals surface area contributed by atoms with Crippen LogP contribution in [0.2, 0.25) is 0 Å². The minimum Gasteiger partial charge on any atom is -0.462 e. The van der Waals surface area contributed by atoms with Crippen molar-refractivity contribution in [1.29, 1.82) is 0 Å². The molecule has 1 aromatic rings. The first kappa shape index (κ1) is 66.8. The van der Waals surface area contributed by atoms with Crippen molar-refractivity contribution in [2.45, 2.75) is 185 Å². The van der Waals surface area contributed by atoms with Crippen LogP contribution in [0.4, 0.5) is 5.82 Å². The monoisotopic (exact) mass is 1090 g/mol. The van der Waals surface area contributed by atoms with Crippen molar-refractivity contribution >= 4 is 33.4 Å². The predicted molar refractivity (Wildman–Crippen MR) is 290 cm³/mol. The Balaban J connectivity index is 1.88. The van der Waals surface area contributed by atoms with E-state index in [0.717, 1.165) is 49.3 Å². The van der Waals surface area contributed by atoms with Gasteiger partial charge in [-0.05, 0) is 83.1 Å². The van der Waals surface area contributed by atoms with E-state index in [9.17, 15) is 48.6 Å². The van der Waals surface area contributed by atoms with Crippen molar-refractivity contribution in [3.05, 3.63) is 120 Å². The van der Waals surface area contributed by atoms with E-state index in [4.69, 9.17) is 29.0 Å². The normalized spacial score (nSPS) is 20.0. The molecule has 0 aromatic carbocycles. The maximum atomic E-state index is 12.9. The molecule has 0 spiro atoms. The Bertz CT molecular complexity index is 2150. The summed E-state index contributed by atoms with van der Waals surface area (Å²) in [6.07, 6.45) is 42.4. The number of esters is 2. The highest BCUT2D eigenvalue weighted by Gasteiger charge is 2.46. The van der Waals surface area contributed by atoms with Gasteiger partial charge in [0, 0.05) is 19.0 Å². The van der Waals surface area contributed by atoms with Crippen LogP contribution in [-0.4, -0.2) is 96.9 Å². The molecule has 422 valence electrons. The topological polar surface area (TPSA) is 286 Å². The number of hydrogen-bond donors (Lipinski definition) is 6. The highest BCUT2D eigenvalue weighted by Crippen LogP contribution is 2.60. The van der Waals surface area contributed by atoms with Crippen molar-refractivity contribution < 1.29 is 71.4 Å². The fourth-order valence-corrected chi connectivity index (χ4v) is 9.24. The summed E-state index contributed by atoms with van der Waals surface area (Å²) < 4.78 is 56.6. The third-order valence-electron chi connectivity index (χ3n) is 11.3. The third-order valence-corrected chi connectivity index (χ3v) is 13.9. The molecule has 19 nitrogen and oxygen atoms in total. The average Bonchev–Trinajstić information content (AvgIpc) is 3.64. The second-order valence-corrected chi connectivity index (χ2v) is 20.9. The molecule has 2 heterocycles. The zero-order valence-corrected chi connectivity index (χ0v) is 45.7. The molecule has 3 unspecified atom stereocenters. The minimum absolute atomic E-state index is 0.0411. The maximum absolute atomic E-state index is 12.9. The Labute approximate surface area is 443 Å². The average molecular weight is 1090 g/mol. The molecule has 0 saturated carbocycles. The number of aliphatic hydroxyl groups is 3. The SMILES string of the molecule is CCCCC/C=C\C/C=C\C/C=C\C/C=C\C/C=C\CCC(=O)OC[C@H](COP(=O)(O)OP(=O)(O)OC[C@H]1O[C@@H](n2ccc(N)nc2=O)[C@H](O)[C@@H]1O)OC(=O)CCCC(O)/C=C/C=C/C/C=C/CCCCCCCC. The van der Waals surface area contributed by atoms with Crippen molar-refractivity contribution in [1.82, 2.24) is 9.55 Å². The van der Waals surface area contributed by atoms with Gasteiger partial charge in [0.2, 0.25) is 0 Å². The molecule has 0 aliphatic carbocycles. The number of nitrogens with zero attached hydrogens (tertiary/aromatic N) is 2. The van der Waals surface area contributed by atoms with Gasteiger partial charge in [0.25, 0.3) is 0 Å². The van der Waals surface area contributed by atoms with Crippen LogP contribution >= 0.6 is 15.6 Å². The summed E-state index contributed by atoms with van der Waals surface area (Å²) in [6.45, 7) is 1.86. The van der Waals surface area contributed by atoms with Crippen LogP contribution in [0.15, 0.2) is 114 Å². The first-order chi connectivity index (χ1) is 36.1. The second-order valence-electron chi connectivity index (χ2n) is 17.9. The van der Waals surface area contributed by atoms with Crippen molar-refractivity contribution in [2.75, 3.05) is 25.6 Å². The summed E-state index contributed by atoms with van der Waals surface area (Å²) in [5, 5.41) is 31.3. The highest BCUT2D eigenvalue weighted by atomic mass is 31.3. The van der Waals surface area contributed by atoms with E-state index in [2.05, 4.69) is 71.8 Å². The van der Waals surface area contributed by atoms with Gasteiger partial charge in [-0.3, -0.25) is 23.2 Å². The zero-order valence-electron chi connectivity index (χ0n) is 43.9. The molecule has 8 atom stereocenters. The first-order valence-electron chi connectivity index (χ1n) is 26.4. The number of phosphoric ester groups is 2. The molecule has 2 rings (SSSR count). The van der Waals surface area contributed by atoms with Crippen molar-refractivity contribution in [2.24, 2.45) is 0 Å². The van der Waals surface area contributed by atoms with E-state index in [0.29, 0.717) is 12.8 Å². The number of allylic oxidation sites excluding steroid dienone is 15. The van der Waals surface area contributed by atoms with Crippen molar-refractivity contribution in [3.63, 3.8) is 0 Å². The van der Waals surface area contributed by atoms with Gasteiger partial charge in [-0.2, -0.15) is 9.29 Å². The predicted octanol–water partition coefficient (Wildman–Crippen LogP) is 10.2. The van der Waals surface area contributed by atoms with E-state index in [1.54, 1.807) is 12.2 Å². The number of rotatable bonds is 42. The molecule has 1 aromatic heterocycles. The number of carbonyl (C=O) groups excluding carboxylic acids is 2. The third kappa shape index (κ3) is 33.4. The number of nitrogens with two attached hydrogens (primary N) is 1. The van der Waals surface area contributed by atoms with Gasteiger partial charge in [0.05, 0.1) is 19.3 Å². The Morgan fingerprint density at radius 2 is 1.25 bits per heavy atom. The lowest BCUT2D eigenvalue weighted by molar-refractivity contribution is -0.161. The number of ether oxygens (including phenoxy) is 3. The first-order valence-corrected chi connectivity index (χ1v) is 29.3. The summed E-state index contributed by atoms with van der Waals surface area (Å²) in [7, 11) is -11.0. The summed E-state index contributed by atoms with van der Waals surface area (Å²) in [5.74, 6) is -1.61. The van der Waals surface area contributed by atoms with Crippen molar-refractivity contribution in [3.8, 4) is 0 Å². The largest absolute Gasteiger partial charge is 0.481 e. The van der Waals surface area contributed by atoms with Crippen LogP contribution in [-0.2, 0) is 46.3 Å². The van der Waals surface area contributed by atoms with Crippen LogP contribution in [0, 0.1) is 0 Å². The Morgan fingerprint density at radius 3 is 1.88 bits per heavy atom. The van der Waals surface area contributed by atoms with E-state index in [1.807, 2.05) is 36.5 Å². The van der Waals surface area contributed by atoms with Gasteiger partial charge >= 0.3 is 33.3 Å². The number of aliphatic hydroxyl groups excluding tert-OH is 3. The molecule has 0 bridgehead atoms.